The van der Waals surface area contributed by atoms with Crippen LogP contribution in [-0.2, 0) is 22.8 Å². The number of fused-ring (bicyclic) bond motifs is 1. The molecule has 2 aromatic heterocycles. The highest BCUT2D eigenvalue weighted by molar-refractivity contribution is 7.91. The van der Waals surface area contributed by atoms with Crippen molar-refractivity contribution in [2.24, 2.45) is 5.73 Å². The molecule has 0 radical (unpaired) electrons. The van der Waals surface area contributed by atoms with Crippen LogP contribution < -0.4 is 22.1 Å². The van der Waals surface area contributed by atoms with E-state index < -0.39 is 9.84 Å². The molecule has 1 fully saturated rings. The van der Waals surface area contributed by atoms with Crippen LogP contribution in [0.1, 0.15) is 17.7 Å². The molecule has 1 saturated heterocycles. The van der Waals surface area contributed by atoms with E-state index in [4.69, 9.17) is 11.1 Å². The Balaban J connectivity index is 1.34. The van der Waals surface area contributed by atoms with Gasteiger partial charge >= 0.3 is 5.69 Å². The van der Waals surface area contributed by atoms with Crippen molar-refractivity contribution in [2.45, 2.75) is 19.4 Å². The van der Waals surface area contributed by atoms with Crippen LogP contribution in [0.3, 0.4) is 0 Å². The van der Waals surface area contributed by atoms with Crippen molar-refractivity contribution in [3.8, 4) is 5.69 Å². The Kier molecular flexibility index (Phi) is 7.83. The minimum atomic E-state index is -2.88. The number of aromatic amines is 1. The number of hydrogen-bond donors (Lipinski definition) is 5. The van der Waals surface area contributed by atoms with Gasteiger partial charge in [0.25, 0.3) is 0 Å². The summed E-state index contributed by atoms with van der Waals surface area (Å²) >= 11 is 0. The summed E-state index contributed by atoms with van der Waals surface area (Å²) in [5, 5.41) is 14.1. The zero-order valence-electron chi connectivity index (χ0n) is 19.6. The van der Waals surface area contributed by atoms with Gasteiger partial charge in [-0.1, -0.05) is 12.1 Å². The number of aromatic nitrogens is 3. The smallest absolute Gasteiger partial charge is 0.354 e. The molecular weight excluding hydrogens is 468 g/mol. The molecule has 0 amide bonds. The van der Waals surface area contributed by atoms with Gasteiger partial charge in [0.1, 0.15) is 5.65 Å². The Morgan fingerprint density at radius 1 is 1.17 bits per heavy atom. The molecule has 0 aliphatic carbocycles. The highest BCUT2D eigenvalue weighted by Crippen LogP contribution is 2.15. The monoisotopic (exact) mass is 500 g/mol. The third kappa shape index (κ3) is 6.90. The molecule has 1 aromatic carbocycles. The number of benzene rings is 1. The van der Waals surface area contributed by atoms with Crippen LogP contribution in [0, 0.1) is 5.41 Å². The first kappa shape index (κ1) is 24.9. The van der Waals surface area contributed by atoms with Gasteiger partial charge in [-0.05, 0) is 36.7 Å². The van der Waals surface area contributed by atoms with Gasteiger partial charge in [-0.15, -0.1) is 0 Å². The summed E-state index contributed by atoms with van der Waals surface area (Å²) in [7, 11) is -2.88. The molecule has 4 rings (SSSR count). The summed E-state index contributed by atoms with van der Waals surface area (Å²) < 4.78 is 24.7. The van der Waals surface area contributed by atoms with Gasteiger partial charge < -0.3 is 26.3 Å². The van der Waals surface area contributed by atoms with Crippen LogP contribution in [0.25, 0.3) is 16.7 Å². The maximum atomic E-state index is 12.6. The number of guanidine groups is 1. The van der Waals surface area contributed by atoms with E-state index in [1.165, 1.54) is 0 Å². The van der Waals surface area contributed by atoms with Gasteiger partial charge in [0.15, 0.2) is 15.8 Å². The molecular formula is C23H32N8O3S. The largest absolute Gasteiger partial charge is 0.370 e. The first-order valence-electron chi connectivity index (χ1n) is 11.7. The van der Waals surface area contributed by atoms with Crippen molar-refractivity contribution in [3.63, 3.8) is 0 Å². The topological polar surface area (TPSA) is 162 Å². The minimum absolute atomic E-state index is 0.0173. The molecule has 6 N–H and O–H groups in total. The van der Waals surface area contributed by atoms with E-state index in [0.29, 0.717) is 31.8 Å². The molecule has 3 heterocycles. The number of sulfone groups is 1. The fraction of sp³-hybridized carbons (Fsp3) is 0.435. The molecule has 188 valence electrons. The van der Waals surface area contributed by atoms with Gasteiger partial charge in [-0.2, -0.15) is 4.98 Å². The van der Waals surface area contributed by atoms with E-state index in [2.05, 4.69) is 25.5 Å². The molecule has 12 heteroatoms. The second-order valence-corrected chi connectivity index (χ2v) is 11.1. The molecule has 0 bridgehead atoms. The molecule has 0 unspecified atom stereocenters. The van der Waals surface area contributed by atoms with Crippen LogP contribution >= 0.6 is 0 Å². The maximum Gasteiger partial charge on any atom is 0.354 e. The number of hydrogen-bond acceptors (Lipinski definition) is 7. The van der Waals surface area contributed by atoms with Crippen LogP contribution in [0.4, 0.5) is 0 Å². The predicted molar refractivity (Wildman–Crippen MR) is 137 cm³/mol. The molecule has 3 aromatic rings. The second kappa shape index (κ2) is 11.0. The average molecular weight is 501 g/mol. The Morgan fingerprint density at radius 3 is 2.63 bits per heavy atom. The normalized spacial score (nSPS) is 15.9. The zero-order valence-corrected chi connectivity index (χ0v) is 20.4. The molecule has 0 atom stereocenters. The molecule has 35 heavy (non-hydrogen) atoms. The van der Waals surface area contributed by atoms with E-state index in [-0.39, 0.29) is 23.2 Å². The van der Waals surface area contributed by atoms with Crippen molar-refractivity contribution in [1.82, 2.24) is 30.1 Å². The molecule has 1 aliphatic rings. The third-order valence-corrected chi connectivity index (χ3v) is 7.70. The van der Waals surface area contributed by atoms with Crippen LogP contribution in [-0.4, -0.2) is 78.0 Å². The van der Waals surface area contributed by atoms with E-state index in [9.17, 15) is 13.2 Å². The standard InChI is InChI=1S/C23H32N8O3S/c24-22(25)27-8-1-7-26-15-17-2-4-20(5-3-17)31-16-18-14-19(28-21(18)29-23(31)32)6-9-30-10-12-35(33,34)13-11-30/h2-5,14,16,26H,1,6-13,15H2,(H4,24,25,27)(H,28,29,32). The number of H-pyrrole nitrogens is 1. The summed E-state index contributed by atoms with van der Waals surface area (Å²) in [6.45, 7) is 4.05. The Hall–Kier alpha value is -3.22. The number of nitrogens with one attached hydrogen (secondary N) is 4. The summed E-state index contributed by atoms with van der Waals surface area (Å²) in [5.74, 6) is 0.416. The van der Waals surface area contributed by atoms with Gasteiger partial charge in [0, 0.05) is 56.4 Å². The lowest BCUT2D eigenvalue weighted by Crippen LogP contribution is -2.41. The summed E-state index contributed by atoms with van der Waals surface area (Å²) in [4.78, 5) is 22.2. The number of rotatable bonds is 10. The van der Waals surface area contributed by atoms with Crippen molar-refractivity contribution in [2.75, 3.05) is 44.2 Å². The number of nitrogens with zero attached hydrogens (tertiary/aromatic N) is 3. The van der Waals surface area contributed by atoms with Crippen molar-refractivity contribution >= 4 is 26.8 Å². The van der Waals surface area contributed by atoms with E-state index in [0.717, 1.165) is 48.3 Å². The summed E-state index contributed by atoms with van der Waals surface area (Å²) in [5.41, 5.74) is 8.28. The van der Waals surface area contributed by atoms with Crippen molar-refractivity contribution in [1.29, 1.82) is 5.41 Å². The first-order chi connectivity index (χ1) is 16.8. The lowest BCUT2D eigenvalue weighted by atomic mass is 10.2. The maximum absolute atomic E-state index is 12.6. The van der Waals surface area contributed by atoms with Crippen molar-refractivity contribution in [3.05, 3.63) is 58.3 Å². The quantitative estimate of drug-likeness (QED) is 0.147. The molecule has 0 saturated carbocycles. The Bertz CT molecular complexity index is 1320. The average Bonchev–Trinajstić information content (AvgIpc) is 3.22. The third-order valence-electron chi connectivity index (χ3n) is 6.09. The fourth-order valence-electron chi connectivity index (χ4n) is 4.07. The lowest BCUT2D eigenvalue weighted by molar-refractivity contribution is 0.298. The van der Waals surface area contributed by atoms with E-state index in [1.54, 1.807) is 10.8 Å². The van der Waals surface area contributed by atoms with Crippen LogP contribution in [0.2, 0.25) is 0 Å². The Morgan fingerprint density at radius 2 is 1.91 bits per heavy atom. The zero-order chi connectivity index (χ0) is 24.8. The van der Waals surface area contributed by atoms with Crippen LogP contribution in [0.5, 0.6) is 0 Å². The highest BCUT2D eigenvalue weighted by atomic mass is 32.2. The molecule has 11 nitrogen and oxygen atoms in total. The van der Waals surface area contributed by atoms with Gasteiger partial charge in [-0.3, -0.25) is 9.98 Å². The van der Waals surface area contributed by atoms with Gasteiger partial charge in [0.05, 0.1) is 17.2 Å². The number of nitrogens with two attached hydrogens (primary N) is 1. The molecule has 1 aliphatic heterocycles. The lowest BCUT2D eigenvalue weighted by Gasteiger charge is -2.26. The minimum Gasteiger partial charge on any atom is -0.370 e. The first-order valence-corrected chi connectivity index (χ1v) is 13.5. The summed E-state index contributed by atoms with van der Waals surface area (Å²) in [6.07, 6.45) is 3.39. The second-order valence-electron chi connectivity index (χ2n) is 8.77. The summed E-state index contributed by atoms with van der Waals surface area (Å²) in [6, 6.07) is 9.77. The van der Waals surface area contributed by atoms with E-state index >= 15 is 0 Å². The van der Waals surface area contributed by atoms with Gasteiger partial charge in [0.2, 0.25) is 0 Å². The fourth-order valence-corrected chi connectivity index (χ4v) is 5.34. The predicted octanol–water partition coefficient (Wildman–Crippen LogP) is -0.0505. The van der Waals surface area contributed by atoms with Crippen LogP contribution in [0.15, 0.2) is 41.3 Å². The van der Waals surface area contributed by atoms with Crippen molar-refractivity contribution < 1.29 is 8.42 Å². The molecule has 0 spiro atoms. The van der Waals surface area contributed by atoms with Gasteiger partial charge in [-0.25, -0.2) is 13.2 Å². The van der Waals surface area contributed by atoms with E-state index in [1.807, 2.05) is 30.3 Å². The Labute approximate surface area is 204 Å². The SMILES string of the molecule is N=C(N)NCCCNCc1ccc(-n2cc3cc(CCN4CCS(=O)(=O)CC4)[nH]c3nc2=O)cc1. The highest BCUT2D eigenvalue weighted by Gasteiger charge is 2.21.